The van der Waals surface area contributed by atoms with Crippen LogP contribution < -0.4 is 0 Å². The SMILES string of the molecule is OCc1cn(C2CN(CC3CC3)C2)nn1. The Kier molecular flexibility index (Phi) is 2.21. The summed E-state index contributed by atoms with van der Waals surface area (Å²) in [5.74, 6) is 0.967. The molecule has 0 atom stereocenters. The van der Waals surface area contributed by atoms with Gasteiger partial charge in [-0.3, -0.25) is 4.90 Å². The van der Waals surface area contributed by atoms with Gasteiger partial charge in [0.05, 0.1) is 18.8 Å². The average molecular weight is 208 g/mol. The standard InChI is InChI=1S/C10H16N4O/c15-7-9-4-14(12-11-9)10-5-13(6-10)3-8-1-2-8/h4,8,10,15H,1-3,5-7H2. The highest BCUT2D eigenvalue weighted by Crippen LogP contribution is 2.32. The molecule has 2 heterocycles. The minimum Gasteiger partial charge on any atom is -0.390 e. The number of aliphatic hydroxyl groups is 1. The normalized spacial score (nSPS) is 23.0. The van der Waals surface area contributed by atoms with Gasteiger partial charge in [-0.05, 0) is 18.8 Å². The second-order valence-corrected chi connectivity index (χ2v) is 4.66. The van der Waals surface area contributed by atoms with Crippen LogP contribution >= 0.6 is 0 Å². The molecule has 0 spiro atoms. The van der Waals surface area contributed by atoms with Crippen LogP contribution in [0.15, 0.2) is 6.20 Å². The van der Waals surface area contributed by atoms with Crippen LogP contribution in [0.4, 0.5) is 0 Å². The molecule has 0 radical (unpaired) electrons. The second kappa shape index (κ2) is 3.57. The average Bonchev–Trinajstić information content (AvgIpc) is 2.88. The number of aliphatic hydroxyl groups excluding tert-OH is 1. The number of nitrogens with zero attached hydrogens (tertiary/aromatic N) is 4. The molecule has 5 nitrogen and oxygen atoms in total. The summed E-state index contributed by atoms with van der Waals surface area (Å²) < 4.78 is 1.88. The first kappa shape index (κ1) is 9.30. The van der Waals surface area contributed by atoms with Crippen LogP contribution in [0.3, 0.4) is 0 Å². The molecule has 1 aromatic rings. The fraction of sp³-hybridized carbons (Fsp3) is 0.800. The van der Waals surface area contributed by atoms with Gasteiger partial charge in [-0.2, -0.15) is 0 Å². The van der Waals surface area contributed by atoms with Crippen molar-refractivity contribution in [2.24, 2.45) is 5.92 Å². The lowest BCUT2D eigenvalue weighted by Gasteiger charge is -2.38. The smallest absolute Gasteiger partial charge is 0.108 e. The predicted molar refractivity (Wildman–Crippen MR) is 54.1 cm³/mol. The van der Waals surface area contributed by atoms with E-state index in [4.69, 9.17) is 5.11 Å². The van der Waals surface area contributed by atoms with E-state index in [-0.39, 0.29) is 6.61 Å². The molecule has 15 heavy (non-hydrogen) atoms. The van der Waals surface area contributed by atoms with E-state index >= 15 is 0 Å². The summed E-state index contributed by atoms with van der Waals surface area (Å²) in [7, 11) is 0. The van der Waals surface area contributed by atoms with E-state index in [0.717, 1.165) is 19.0 Å². The van der Waals surface area contributed by atoms with Gasteiger partial charge in [-0.1, -0.05) is 5.21 Å². The molecule has 2 aliphatic rings. The van der Waals surface area contributed by atoms with Crippen molar-refractivity contribution in [3.05, 3.63) is 11.9 Å². The molecule has 0 unspecified atom stereocenters. The molecule has 3 rings (SSSR count). The van der Waals surface area contributed by atoms with Crippen LogP contribution in [0.1, 0.15) is 24.6 Å². The van der Waals surface area contributed by atoms with Gasteiger partial charge < -0.3 is 5.11 Å². The van der Waals surface area contributed by atoms with Crippen LogP contribution in [0, 0.1) is 5.92 Å². The maximum atomic E-state index is 8.88. The van der Waals surface area contributed by atoms with Gasteiger partial charge in [-0.15, -0.1) is 5.10 Å². The Bertz CT molecular complexity index is 341. The molecule has 1 aliphatic heterocycles. The summed E-state index contributed by atoms with van der Waals surface area (Å²) in [4.78, 5) is 2.47. The maximum absolute atomic E-state index is 8.88. The summed E-state index contributed by atoms with van der Waals surface area (Å²) in [6.45, 7) is 3.42. The molecule has 0 bridgehead atoms. The van der Waals surface area contributed by atoms with Crippen LogP contribution in [0.5, 0.6) is 0 Å². The summed E-state index contributed by atoms with van der Waals surface area (Å²) in [6, 6.07) is 0.469. The quantitative estimate of drug-likeness (QED) is 0.759. The Hall–Kier alpha value is -0.940. The number of hydrogen-bond acceptors (Lipinski definition) is 4. The zero-order chi connectivity index (χ0) is 10.3. The molecule has 5 heteroatoms. The highest BCUT2D eigenvalue weighted by atomic mass is 16.3. The first-order valence-corrected chi connectivity index (χ1v) is 5.59. The summed E-state index contributed by atoms with van der Waals surface area (Å²) >= 11 is 0. The van der Waals surface area contributed by atoms with Crippen molar-refractivity contribution >= 4 is 0 Å². The Labute approximate surface area is 88.7 Å². The van der Waals surface area contributed by atoms with Gasteiger partial charge >= 0.3 is 0 Å². The lowest BCUT2D eigenvalue weighted by Crippen LogP contribution is -2.48. The minimum absolute atomic E-state index is 0.0154. The van der Waals surface area contributed by atoms with E-state index < -0.39 is 0 Å². The fourth-order valence-corrected chi connectivity index (χ4v) is 2.09. The van der Waals surface area contributed by atoms with Crippen LogP contribution in [0.25, 0.3) is 0 Å². The molecule has 1 aromatic heterocycles. The maximum Gasteiger partial charge on any atom is 0.108 e. The minimum atomic E-state index is -0.0154. The summed E-state index contributed by atoms with van der Waals surface area (Å²) in [5, 5.41) is 16.8. The van der Waals surface area contributed by atoms with E-state index in [0.29, 0.717) is 11.7 Å². The third-order valence-corrected chi connectivity index (χ3v) is 3.25. The zero-order valence-electron chi connectivity index (χ0n) is 8.71. The molecule has 0 amide bonds. The number of hydrogen-bond donors (Lipinski definition) is 1. The number of likely N-dealkylation sites (tertiary alicyclic amines) is 1. The number of rotatable bonds is 4. The monoisotopic (exact) mass is 208 g/mol. The molecule has 1 N–H and O–H groups in total. The van der Waals surface area contributed by atoms with E-state index in [9.17, 15) is 0 Å². The summed E-state index contributed by atoms with van der Waals surface area (Å²) in [6.07, 6.45) is 4.68. The van der Waals surface area contributed by atoms with Crippen molar-refractivity contribution in [3.8, 4) is 0 Å². The van der Waals surface area contributed by atoms with Crippen molar-refractivity contribution in [1.29, 1.82) is 0 Å². The first-order valence-electron chi connectivity index (χ1n) is 5.59. The number of aromatic nitrogens is 3. The Balaban J connectivity index is 1.52. The van der Waals surface area contributed by atoms with Crippen molar-refractivity contribution < 1.29 is 5.11 Å². The van der Waals surface area contributed by atoms with E-state index in [1.165, 1.54) is 19.4 Å². The Morgan fingerprint density at radius 2 is 2.20 bits per heavy atom. The van der Waals surface area contributed by atoms with Gasteiger partial charge in [-0.25, -0.2) is 4.68 Å². The predicted octanol–water partition coefficient (Wildman–Crippen LogP) is 0.0371. The highest BCUT2D eigenvalue weighted by Gasteiger charge is 2.33. The summed E-state index contributed by atoms with van der Waals surface area (Å²) in [5.41, 5.74) is 0.663. The molecular formula is C10H16N4O. The Morgan fingerprint density at radius 1 is 1.40 bits per heavy atom. The van der Waals surface area contributed by atoms with Crippen molar-refractivity contribution in [1.82, 2.24) is 19.9 Å². The zero-order valence-corrected chi connectivity index (χ0v) is 8.71. The van der Waals surface area contributed by atoms with E-state index in [1.807, 2.05) is 10.9 Å². The molecule has 1 saturated carbocycles. The molecule has 1 aliphatic carbocycles. The third-order valence-electron chi connectivity index (χ3n) is 3.25. The van der Waals surface area contributed by atoms with Gasteiger partial charge in [0.2, 0.25) is 0 Å². The topological polar surface area (TPSA) is 54.2 Å². The lowest BCUT2D eigenvalue weighted by molar-refractivity contribution is 0.0922. The van der Waals surface area contributed by atoms with Gasteiger partial charge in [0.15, 0.2) is 0 Å². The first-order chi connectivity index (χ1) is 7.35. The molecular weight excluding hydrogens is 192 g/mol. The van der Waals surface area contributed by atoms with Crippen LogP contribution in [-0.2, 0) is 6.61 Å². The lowest BCUT2D eigenvalue weighted by atomic mass is 10.1. The van der Waals surface area contributed by atoms with E-state index in [2.05, 4.69) is 15.2 Å². The third kappa shape index (κ3) is 1.89. The second-order valence-electron chi connectivity index (χ2n) is 4.66. The van der Waals surface area contributed by atoms with Gasteiger partial charge in [0, 0.05) is 19.6 Å². The van der Waals surface area contributed by atoms with Crippen molar-refractivity contribution in [2.75, 3.05) is 19.6 Å². The molecule has 2 fully saturated rings. The van der Waals surface area contributed by atoms with Crippen molar-refractivity contribution in [3.63, 3.8) is 0 Å². The van der Waals surface area contributed by atoms with Crippen LogP contribution in [-0.4, -0.2) is 44.6 Å². The highest BCUT2D eigenvalue weighted by molar-refractivity contribution is 4.95. The van der Waals surface area contributed by atoms with Crippen molar-refractivity contribution in [2.45, 2.75) is 25.5 Å². The van der Waals surface area contributed by atoms with Crippen LogP contribution in [0.2, 0.25) is 0 Å². The van der Waals surface area contributed by atoms with E-state index in [1.54, 1.807) is 0 Å². The molecule has 1 saturated heterocycles. The Morgan fingerprint density at radius 3 is 2.80 bits per heavy atom. The van der Waals surface area contributed by atoms with Gasteiger partial charge in [0.25, 0.3) is 0 Å². The van der Waals surface area contributed by atoms with Gasteiger partial charge in [0.1, 0.15) is 5.69 Å². The fourth-order valence-electron chi connectivity index (χ4n) is 2.09. The largest absolute Gasteiger partial charge is 0.390 e. The molecule has 0 aromatic carbocycles. The molecule has 82 valence electrons.